The molecule has 0 radical (unpaired) electrons. The number of hydrogen-bond acceptors (Lipinski definition) is 4. The summed E-state index contributed by atoms with van der Waals surface area (Å²) in [4.78, 5) is 8.59. The molecule has 3 heterocycles. The molecule has 4 aromatic rings. The molecule has 0 N–H and O–H groups in total. The summed E-state index contributed by atoms with van der Waals surface area (Å²) >= 11 is 0. The number of hydrogen-bond donors (Lipinski definition) is 0. The van der Waals surface area contributed by atoms with Crippen LogP contribution in [-0.4, -0.2) is 26.7 Å². The second kappa shape index (κ2) is 5.01. The third kappa shape index (κ3) is 2.11. The Labute approximate surface area is 131 Å². The molecule has 0 spiro atoms. The van der Waals surface area contributed by atoms with Crippen molar-refractivity contribution in [2.75, 3.05) is 7.11 Å². The Kier molecular flexibility index (Phi) is 2.97. The zero-order chi connectivity index (χ0) is 16.0. The highest BCUT2D eigenvalue weighted by molar-refractivity contribution is 5.98. The van der Waals surface area contributed by atoms with Gasteiger partial charge in [-0.2, -0.15) is 5.10 Å². The summed E-state index contributed by atoms with van der Waals surface area (Å²) in [6.07, 6.45) is 7.00. The number of fused-ring (bicyclic) bond motifs is 2. The number of ether oxygens (including phenoxy) is 1. The Balaban J connectivity index is 2.06. The second-order valence-corrected chi connectivity index (χ2v) is 5.32. The van der Waals surface area contributed by atoms with E-state index in [1.54, 1.807) is 29.2 Å². The van der Waals surface area contributed by atoms with Crippen LogP contribution in [0.3, 0.4) is 0 Å². The first kappa shape index (κ1) is 13.6. The smallest absolute Gasteiger partial charge is 0.162 e. The molecule has 23 heavy (non-hydrogen) atoms. The summed E-state index contributed by atoms with van der Waals surface area (Å²) in [6, 6.07) is 4.94. The molecular formula is C17H13FN4O. The van der Waals surface area contributed by atoms with Gasteiger partial charge in [0.2, 0.25) is 0 Å². The number of pyridine rings is 1. The van der Waals surface area contributed by atoms with Crippen molar-refractivity contribution in [1.29, 1.82) is 0 Å². The molecule has 0 bridgehead atoms. The zero-order valence-corrected chi connectivity index (χ0v) is 12.6. The molecule has 0 aliphatic heterocycles. The van der Waals surface area contributed by atoms with E-state index in [-0.39, 0.29) is 0 Å². The van der Waals surface area contributed by atoms with Crippen LogP contribution >= 0.6 is 0 Å². The first-order chi connectivity index (χ1) is 11.2. The Hall–Kier alpha value is -3.02. The molecule has 6 heteroatoms. The zero-order valence-electron chi connectivity index (χ0n) is 12.6. The predicted molar refractivity (Wildman–Crippen MR) is 85.0 cm³/mol. The van der Waals surface area contributed by atoms with Gasteiger partial charge in [0, 0.05) is 35.6 Å². The Morgan fingerprint density at radius 2 is 2.00 bits per heavy atom. The predicted octanol–water partition coefficient (Wildman–Crippen LogP) is 3.40. The molecule has 4 rings (SSSR count). The van der Waals surface area contributed by atoms with E-state index < -0.39 is 5.82 Å². The van der Waals surface area contributed by atoms with Crippen LogP contribution in [0.15, 0.2) is 43.0 Å². The van der Waals surface area contributed by atoms with E-state index in [1.165, 1.54) is 13.2 Å². The standard InChI is InChI=1S/C17H13FN4O/c1-10-7-20-17-14(8-21-22(17)9-10)12-3-4-19-16-13(12)5-11(23-2)6-15(16)18/h3-9H,1-2H3. The van der Waals surface area contributed by atoms with Crippen molar-refractivity contribution in [3.8, 4) is 16.9 Å². The first-order valence-electron chi connectivity index (χ1n) is 7.10. The molecule has 0 amide bonds. The van der Waals surface area contributed by atoms with Gasteiger partial charge >= 0.3 is 0 Å². The van der Waals surface area contributed by atoms with Gasteiger partial charge in [-0.3, -0.25) is 4.98 Å². The van der Waals surface area contributed by atoms with E-state index in [9.17, 15) is 4.39 Å². The van der Waals surface area contributed by atoms with E-state index in [0.717, 1.165) is 16.7 Å². The van der Waals surface area contributed by atoms with Crippen LogP contribution in [0.5, 0.6) is 5.75 Å². The fourth-order valence-corrected chi connectivity index (χ4v) is 2.70. The Morgan fingerprint density at radius 3 is 2.83 bits per heavy atom. The van der Waals surface area contributed by atoms with Crippen molar-refractivity contribution >= 4 is 16.6 Å². The average Bonchev–Trinajstić information content (AvgIpc) is 2.97. The number of rotatable bonds is 2. The molecule has 114 valence electrons. The summed E-state index contributed by atoms with van der Waals surface area (Å²) < 4.78 is 21.1. The first-order valence-corrected chi connectivity index (χ1v) is 7.10. The minimum atomic E-state index is -0.415. The SMILES string of the molecule is COc1cc(F)c2nccc(-c3cnn4cc(C)cnc34)c2c1. The number of aromatic nitrogens is 4. The molecule has 5 nitrogen and oxygen atoms in total. The third-order valence-corrected chi connectivity index (χ3v) is 3.78. The van der Waals surface area contributed by atoms with Crippen LogP contribution in [0.1, 0.15) is 5.56 Å². The average molecular weight is 308 g/mol. The number of halogens is 1. The molecule has 0 saturated heterocycles. The monoisotopic (exact) mass is 308 g/mol. The van der Waals surface area contributed by atoms with Gasteiger partial charge in [-0.15, -0.1) is 0 Å². The lowest BCUT2D eigenvalue weighted by molar-refractivity contribution is 0.412. The third-order valence-electron chi connectivity index (χ3n) is 3.78. The van der Waals surface area contributed by atoms with E-state index in [2.05, 4.69) is 15.1 Å². The maximum Gasteiger partial charge on any atom is 0.162 e. The number of benzene rings is 1. The summed E-state index contributed by atoms with van der Waals surface area (Å²) in [5.41, 5.74) is 3.67. The van der Waals surface area contributed by atoms with Crippen LogP contribution in [0.25, 0.3) is 27.7 Å². The Morgan fingerprint density at radius 1 is 1.13 bits per heavy atom. The molecule has 1 aromatic carbocycles. The van der Waals surface area contributed by atoms with Crippen molar-refractivity contribution in [2.24, 2.45) is 0 Å². The van der Waals surface area contributed by atoms with Gasteiger partial charge in [0.25, 0.3) is 0 Å². The van der Waals surface area contributed by atoms with Gasteiger partial charge in [0.1, 0.15) is 11.3 Å². The highest BCUT2D eigenvalue weighted by Gasteiger charge is 2.14. The van der Waals surface area contributed by atoms with Crippen molar-refractivity contribution < 1.29 is 9.13 Å². The Bertz CT molecular complexity index is 1040. The molecule has 0 saturated carbocycles. The van der Waals surface area contributed by atoms with Crippen LogP contribution in [0.2, 0.25) is 0 Å². The van der Waals surface area contributed by atoms with Gasteiger partial charge < -0.3 is 4.74 Å². The van der Waals surface area contributed by atoms with Crippen molar-refractivity contribution in [3.05, 3.63) is 54.4 Å². The molecule has 0 atom stereocenters. The van der Waals surface area contributed by atoms with Crippen molar-refractivity contribution in [2.45, 2.75) is 6.92 Å². The molecular weight excluding hydrogens is 295 g/mol. The van der Waals surface area contributed by atoms with Gasteiger partial charge in [-0.05, 0) is 30.2 Å². The largest absolute Gasteiger partial charge is 0.497 e. The van der Waals surface area contributed by atoms with Gasteiger partial charge in [-0.25, -0.2) is 13.9 Å². The summed E-state index contributed by atoms with van der Waals surface area (Å²) in [5.74, 6) is 0.0333. The second-order valence-electron chi connectivity index (χ2n) is 5.32. The fourth-order valence-electron chi connectivity index (χ4n) is 2.70. The highest BCUT2D eigenvalue weighted by atomic mass is 19.1. The number of nitrogens with zero attached hydrogens (tertiary/aromatic N) is 4. The van der Waals surface area contributed by atoms with Gasteiger partial charge in [0.15, 0.2) is 11.5 Å². The maximum atomic E-state index is 14.2. The van der Waals surface area contributed by atoms with Gasteiger partial charge in [-0.1, -0.05) is 0 Å². The number of aryl methyl sites for hydroxylation is 1. The summed E-state index contributed by atoms with van der Waals surface area (Å²) in [6.45, 7) is 1.95. The molecule has 0 unspecified atom stereocenters. The minimum absolute atomic E-state index is 0.301. The van der Waals surface area contributed by atoms with Crippen molar-refractivity contribution in [1.82, 2.24) is 19.6 Å². The lowest BCUT2D eigenvalue weighted by Crippen LogP contribution is -1.93. The lowest BCUT2D eigenvalue weighted by Gasteiger charge is -2.08. The molecule has 0 aliphatic carbocycles. The molecule has 0 aliphatic rings. The van der Waals surface area contributed by atoms with Crippen LogP contribution in [-0.2, 0) is 0 Å². The van der Waals surface area contributed by atoms with Crippen LogP contribution in [0.4, 0.5) is 4.39 Å². The minimum Gasteiger partial charge on any atom is -0.497 e. The van der Waals surface area contributed by atoms with E-state index in [0.29, 0.717) is 22.3 Å². The van der Waals surface area contributed by atoms with Crippen LogP contribution < -0.4 is 4.74 Å². The topological polar surface area (TPSA) is 52.3 Å². The normalized spacial score (nSPS) is 11.3. The quantitative estimate of drug-likeness (QED) is 0.569. The van der Waals surface area contributed by atoms with E-state index in [4.69, 9.17) is 4.74 Å². The van der Waals surface area contributed by atoms with E-state index in [1.807, 2.05) is 19.2 Å². The summed E-state index contributed by atoms with van der Waals surface area (Å²) in [7, 11) is 1.51. The molecule has 0 fully saturated rings. The number of methoxy groups -OCH3 is 1. The lowest BCUT2D eigenvalue weighted by atomic mass is 10.0. The van der Waals surface area contributed by atoms with Crippen LogP contribution in [0, 0.1) is 12.7 Å². The van der Waals surface area contributed by atoms with Gasteiger partial charge in [0.05, 0.1) is 13.3 Å². The molecule has 3 aromatic heterocycles. The van der Waals surface area contributed by atoms with E-state index >= 15 is 0 Å². The highest BCUT2D eigenvalue weighted by Crippen LogP contribution is 2.33. The van der Waals surface area contributed by atoms with Crippen molar-refractivity contribution in [3.63, 3.8) is 0 Å². The maximum absolute atomic E-state index is 14.2. The fraction of sp³-hybridized carbons (Fsp3) is 0.118. The summed E-state index contributed by atoms with van der Waals surface area (Å²) in [5, 5.41) is 5.00.